The van der Waals surface area contributed by atoms with Gasteiger partial charge in [-0.1, -0.05) is 17.8 Å². The molecule has 0 aliphatic rings. The molecule has 0 fully saturated rings. The summed E-state index contributed by atoms with van der Waals surface area (Å²) in [5, 5.41) is 5.71. The molecule has 0 unspecified atom stereocenters. The van der Waals surface area contributed by atoms with Crippen LogP contribution in [0, 0.1) is 11.6 Å². The van der Waals surface area contributed by atoms with Crippen molar-refractivity contribution in [3.8, 4) is 5.69 Å². The van der Waals surface area contributed by atoms with Crippen molar-refractivity contribution < 1.29 is 22.8 Å². The lowest BCUT2D eigenvalue weighted by Gasteiger charge is -2.10. The molecule has 4 rings (SSSR count). The monoisotopic (exact) mass is 468 g/mol. The standard InChI is InChI=1S/C23H18F2N4O3S/c24-16-6-7-20(19(25)12-16)28-21(30)14-33-23-26-8-9-29(23)17-4-1-3-15(11-17)22(31)27-13-18-5-2-10-32-18/h1-12H,13-14H2,(H,27,31)(H,28,30). The Labute approximate surface area is 191 Å². The van der Waals surface area contributed by atoms with Crippen LogP contribution in [0.1, 0.15) is 16.1 Å². The Bertz CT molecular complexity index is 1270. The number of nitrogens with zero attached hydrogens (tertiary/aromatic N) is 2. The van der Waals surface area contributed by atoms with E-state index in [1.54, 1.807) is 47.3 Å². The van der Waals surface area contributed by atoms with Crippen LogP contribution in [-0.2, 0) is 11.3 Å². The number of benzene rings is 2. The maximum Gasteiger partial charge on any atom is 0.251 e. The van der Waals surface area contributed by atoms with Gasteiger partial charge in [-0.3, -0.25) is 14.2 Å². The van der Waals surface area contributed by atoms with Crippen molar-refractivity contribution in [2.24, 2.45) is 0 Å². The van der Waals surface area contributed by atoms with E-state index in [0.29, 0.717) is 28.2 Å². The van der Waals surface area contributed by atoms with Gasteiger partial charge < -0.3 is 15.1 Å². The third-order valence-corrected chi connectivity index (χ3v) is 5.50. The molecule has 10 heteroatoms. The number of amides is 2. The van der Waals surface area contributed by atoms with Crippen molar-refractivity contribution >= 4 is 29.3 Å². The largest absolute Gasteiger partial charge is 0.467 e. The number of aromatic nitrogens is 2. The van der Waals surface area contributed by atoms with Gasteiger partial charge in [0.25, 0.3) is 5.91 Å². The van der Waals surface area contributed by atoms with E-state index in [-0.39, 0.29) is 23.9 Å². The number of hydrogen-bond acceptors (Lipinski definition) is 5. The summed E-state index contributed by atoms with van der Waals surface area (Å²) < 4.78 is 33.7. The highest BCUT2D eigenvalue weighted by atomic mass is 32.2. The molecule has 0 saturated heterocycles. The summed E-state index contributed by atoms with van der Waals surface area (Å²) in [6.45, 7) is 0.270. The second kappa shape index (κ2) is 10.1. The van der Waals surface area contributed by atoms with Crippen LogP contribution >= 0.6 is 11.8 Å². The van der Waals surface area contributed by atoms with Gasteiger partial charge in [0.2, 0.25) is 5.91 Å². The third kappa shape index (κ3) is 5.66. The molecule has 0 aliphatic carbocycles. The van der Waals surface area contributed by atoms with E-state index in [0.717, 1.165) is 23.9 Å². The van der Waals surface area contributed by atoms with Crippen LogP contribution in [0.5, 0.6) is 0 Å². The molecule has 0 spiro atoms. The van der Waals surface area contributed by atoms with E-state index in [1.807, 2.05) is 6.07 Å². The number of imidazole rings is 1. The molecule has 168 valence electrons. The second-order valence-corrected chi connectivity index (χ2v) is 7.80. The minimum atomic E-state index is -0.850. The molecule has 0 aliphatic heterocycles. The summed E-state index contributed by atoms with van der Waals surface area (Å²) in [5.41, 5.74) is 1.04. The Morgan fingerprint density at radius 1 is 1.09 bits per heavy atom. The van der Waals surface area contributed by atoms with Gasteiger partial charge in [0.15, 0.2) is 5.16 Å². The van der Waals surface area contributed by atoms with Crippen molar-refractivity contribution in [2.45, 2.75) is 11.7 Å². The molecule has 0 saturated carbocycles. The SMILES string of the molecule is O=C(CSc1nccn1-c1cccc(C(=O)NCc2ccco2)c1)Nc1ccc(F)cc1F. The van der Waals surface area contributed by atoms with Crippen molar-refractivity contribution in [3.63, 3.8) is 0 Å². The zero-order valence-electron chi connectivity index (χ0n) is 17.1. The first-order valence-corrected chi connectivity index (χ1v) is 10.8. The summed E-state index contributed by atoms with van der Waals surface area (Å²) in [5.74, 6) is -1.70. The molecule has 0 atom stereocenters. The highest BCUT2D eigenvalue weighted by molar-refractivity contribution is 7.99. The van der Waals surface area contributed by atoms with Gasteiger partial charge in [0.05, 0.1) is 24.2 Å². The summed E-state index contributed by atoms with van der Waals surface area (Å²) >= 11 is 1.14. The maximum atomic E-state index is 13.7. The number of thioether (sulfide) groups is 1. The number of carbonyl (C=O) groups excluding carboxylic acids is 2. The zero-order chi connectivity index (χ0) is 23.2. The van der Waals surface area contributed by atoms with Crippen LogP contribution in [0.3, 0.4) is 0 Å². The van der Waals surface area contributed by atoms with Crippen molar-refractivity contribution in [1.82, 2.24) is 14.9 Å². The molecule has 2 N–H and O–H groups in total. The predicted octanol–water partition coefficient (Wildman–Crippen LogP) is 4.40. The van der Waals surface area contributed by atoms with Crippen LogP contribution in [0.25, 0.3) is 5.69 Å². The van der Waals surface area contributed by atoms with Gasteiger partial charge in [-0.25, -0.2) is 13.8 Å². The van der Waals surface area contributed by atoms with Gasteiger partial charge in [-0.15, -0.1) is 0 Å². The molecule has 7 nitrogen and oxygen atoms in total. The van der Waals surface area contributed by atoms with Crippen LogP contribution in [0.2, 0.25) is 0 Å². The van der Waals surface area contributed by atoms with Gasteiger partial charge >= 0.3 is 0 Å². The number of furan rings is 1. The highest BCUT2D eigenvalue weighted by Crippen LogP contribution is 2.22. The molecule has 4 aromatic rings. The number of anilines is 1. The molecule has 2 aromatic carbocycles. The Kier molecular flexibility index (Phi) is 6.84. The Morgan fingerprint density at radius 2 is 1.97 bits per heavy atom. The van der Waals surface area contributed by atoms with Crippen molar-refractivity contribution in [3.05, 3.63) is 96.2 Å². The summed E-state index contributed by atoms with van der Waals surface area (Å²) in [6, 6.07) is 13.4. The van der Waals surface area contributed by atoms with Crippen LogP contribution in [0.15, 0.2) is 82.8 Å². The average Bonchev–Trinajstić information content (AvgIpc) is 3.50. The Hall–Kier alpha value is -3.92. The van der Waals surface area contributed by atoms with E-state index in [1.165, 1.54) is 6.26 Å². The smallest absolute Gasteiger partial charge is 0.251 e. The van der Waals surface area contributed by atoms with Gasteiger partial charge in [0, 0.05) is 29.7 Å². The van der Waals surface area contributed by atoms with E-state index in [9.17, 15) is 18.4 Å². The topological polar surface area (TPSA) is 89.2 Å². The molecule has 0 radical (unpaired) electrons. The first kappa shape index (κ1) is 22.3. The number of nitrogens with one attached hydrogen (secondary N) is 2. The summed E-state index contributed by atoms with van der Waals surface area (Å²) in [6.07, 6.45) is 4.82. The average molecular weight is 468 g/mol. The number of carbonyl (C=O) groups is 2. The summed E-state index contributed by atoms with van der Waals surface area (Å²) in [7, 11) is 0. The lowest BCUT2D eigenvalue weighted by Crippen LogP contribution is -2.22. The molecule has 2 heterocycles. The molecule has 0 bridgehead atoms. The third-order valence-electron chi connectivity index (χ3n) is 4.53. The van der Waals surface area contributed by atoms with Gasteiger partial charge in [-0.2, -0.15) is 0 Å². The maximum absolute atomic E-state index is 13.7. The Balaban J connectivity index is 1.40. The van der Waals surface area contributed by atoms with Gasteiger partial charge in [-0.05, 0) is 42.5 Å². The van der Waals surface area contributed by atoms with Crippen molar-refractivity contribution in [1.29, 1.82) is 0 Å². The first-order chi connectivity index (χ1) is 16.0. The number of hydrogen-bond donors (Lipinski definition) is 2. The van der Waals surface area contributed by atoms with Crippen molar-refractivity contribution in [2.75, 3.05) is 11.1 Å². The van der Waals surface area contributed by atoms with Crippen LogP contribution < -0.4 is 10.6 Å². The lowest BCUT2D eigenvalue weighted by molar-refractivity contribution is -0.113. The zero-order valence-corrected chi connectivity index (χ0v) is 17.9. The fourth-order valence-corrected chi connectivity index (χ4v) is 3.75. The summed E-state index contributed by atoms with van der Waals surface area (Å²) in [4.78, 5) is 29.0. The van der Waals surface area contributed by atoms with E-state index >= 15 is 0 Å². The quantitative estimate of drug-likeness (QED) is 0.374. The van der Waals surface area contributed by atoms with E-state index in [4.69, 9.17) is 4.42 Å². The van der Waals surface area contributed by atoms with E-state index < -0.39 is 17.5 Å². The molecule has 33 heavy (non-hydrogen) atoms. The second-order valence-electron chi connectivity index (χ2n) is 6.85. The molecular weight excluding hydrogens is 450 g/mol. The Morgan fingerprint density at radius 3 is 2.76 bits per heavy atom. The lowest BCUT2D eigenvalue weighted by atomic mass is 10.2. The fourth-order valence-electron chi connectivity index (χ4n) is 2.98. The first-order valence-electron chi connectivity index (χ1n) is 9.81. The van der Waals surface area contributed by atoms with Crippen LogP contribution in [0.4, 0.5) is 14.5 Å². The van der Waals surface area contributed by atoms with Gasteiger partial charge in [0.1, 0.15) is 17.4 Å². The molecule has 2 aromatic heterocycles. The minimum Gasteiger partial charge on any atom is -0.467 e. The molecule has 2 amide bonds. The highest BCUT2D eigenvalue weighted by Gasteiger charge is 2.13. The fraction of sp³-hybridized carbons (Fsp3) is 0.0870. The normalized spacial score (nSPS) is 10.7. The minimum absolute atomic E-state index is 0.0445. The van der Waals surface area contributed by atoms with E-state index in [2.05, 4.69) is 15.6 Å². The molecular formula is C23H18F2N4O3S. The number of halogens is 2. The number of rotatable bonds is 8. The predicted molar refractivity (Wildman–Crippen MR) is 119 cm³/mol. The van der Waals surface area contributed by atoms with Crippen LogP contribution in [-0.4, -0.2) is 27.1 Å².